The molecule has 2 aromatic rings. The minimum absolute atomic E-state index is 0.225. The van der Waals surface area contributed by atoms with Crippen LogP contribution in [0.3, 0.4) is 0 Å². The molecule has 1 fully saturated rings. The van der Waals surface area contributed by atoms with E-state index in [0.717, 1.165) is 48.9 Å². The maximum atomic E-state index is 12.8. The van der Waals surface area contributed by atoms with E-state index < -0.39 is 10.0 Å². The summed E-state index contributed by atoms with van der Waals surface area (Å²) in [7, 11) is -3.48. The Bertz CT molecular complexity index is 909. The van der Waals surface area contributed by atoms with Gasteiger partial charge in [-0.05, 0) is 61.1 Å². The number of anilines is 1. The molecule has 1 aliphatic heterocycles. The first kappa shape index (κ1) is 20.6. The molecule has 1 N–H and O–H groups in total. The van der Waals surface area contributed by atoms with Crippen molar-refractivity contribution >= 4 is 21.6 Å². The lowest BCUT2D eigenvalue weighted by atomic mass is 10.0. The van der Waals surface area contributed by atoms with Crippen LogP contribution in [0, 0.1) is 0 Å². The molecule has 0 spiro atoms. The average molecular weight is 401 g/mol. The van der Waals surface area contributed by atoms with Crippen molar-refractivity contribution in [2.45, 2.75) is 50.8 Å². The fourth-order valence-electron chi connectivity index (χ4n) is 3.62. The van der Waals surface area contributed by atoms with Gasteiger partial charge in [-0.15, -0.1) is 0 Å². The van der Waals surface area contributed by atoms with Crippen molar-refractivity contribution in [1.29, 1.82) is 0 Å². The van der Waals surface area contributed by atoms with Gasteiger partial charge in [0.15, 0.2) is 0 Å². The van der Waals surface area contributed by atoms with E-state index in [-0.39, 0.29) is 10.8 Å². The highest BCUT2D eigenvalue weighted by atomic mass is 32.2. The van der Waals surface area contributed by atoms with Gasteiger partial charge in [-0.25, -0.2) is 8.42 Å². The molecule has 6 heteroatoms. The summed E-state index contributed by atoms with van der Waals surface area (Å²) in [6.07, 6.45) is 4.53. The standard InChI is InChI=1S/C22H28N2O3S/c1-3-17-9-8-10-18(4-2)21(17)23-22(25)19-11-13-20(14-12-19)28(26,27)24-15-6-5-7-16-24/h8-14H,3-7,15-16H2,1-2H3,(H,23,25). The van der Waals surface area contributed by atoms with Crippen molar-refractivity contribution in [1.82, 2.24) is 4.31 Å². The second-order valence-electron chi connectivity index (χ2n) is 7.10. The lowest BCUT2D eigenvalue weighted by Gasteiger charge is -2.25. The Hall–Kier alpha value is -2.18. The second-order valence-corrected chi connectivity index (χ2v) is 9.04. The van der Waals surface area contributed by atoms with Gasteiger partial charge in [0, 0.05) is 24.3 Å². The Morgan fingerprint density at radius 1 is 0.929 bits per heavy atom. The van der Waals surface area contributed by atoms with Crippen LogP contribution in [0.15, 0.2) is 47.4 Å². The Labute approximate surface area is 167 Å². The Morgan fingerprint density at radius 3 is 2.04 bits per heavy atom. The van der Waals surface area contributed by atoms with Crippen LogP contribution in [0.1, 0.15) is 54.6 Å². The number of hydrogen-bond acceptors (Lipinski definition) is 3. The number of para-hydroxylation sites is 1. The van der Waals surface area contributed by atoms with E-state index in [0.29, 0.717) is 18.7 Å². The first-order valence-electron chi connectivity index (χ1n) is 9.99. The molecular weight excluding hydrogens is 372 g/mol. The summed E-state index contributed by atoms with van der Waals surface area (Å²) < 4.78 is 27.0. The molecule has 28 heavy (non-hydrogen) atoms. The van der Waals surface area contributed by atoms with E-state index in [1.165, 1.54) is 16.4 Å². The van der Waals surface area contributed by atoms with Crippen molar-refractivity contribution in [2.75, 3.05) is 18.4 Å². The number of rotatable bonds is 6. The van der Waals surface area contributed by atoms with E-state index in [2.05, 4.69) is 19.2 Å². The van der Waals surface area contributed by atoms with Gasteiger partial charge >= 0.3 is 0 Å². The number of piperidine rings is 1. The largest absolute Gasteiger partial charge is 0.321 e. The molecule has 0 radical (unpaired) electrons. The summed E-state index contributed by atoms with van der Waals surface area (Å²) in [6, 6.07) is 12.3. The summed E-state index contributed by atoms with van der Waals surface area (Å²) in [5.74, 6) is -0.225. The molecule has 2 aromatic carbocycles. The third kappa shape index (κ3) is 4.28. The number of sulfonamides is 1. The quantitative estimate of drug-likeness (QED) is 0.789. The van der Waals surface area contributed by atoms with E-state index in [4.69, 9.17) is 0 Å². The van der Waals surface area contributed by atoms with Crippen LogP contribution in [0.25, 0.3) is 0 Å². The fraction of sp³-hybridized carbons (Fsp3) is 0.409. The minimum atomic E-state index is -3.48. The molecule has 1 amide bonds. The fourth-order valence-corrected chi connectivity index (χ4v) is 5.14. The van der Waals surface area contributed by atoms with Gasteiger partial charge < -0.3 is 5.32 Å². The van der Waals surface area contributed by atoms with E-state index in [1.54, 1.807) is 12.1 Å². The first-order chi connectivity index (χ1) is 13.5. The van der Waals surface area contributed by atoms with E-state index in [9.17, 15) is 13.2 Å². The van der Waals surface area contributed by atoms with Crippen LogP contribution >= 0.6 is 0 Å². The van der Waals surface area contributed by atoms with Crippen molar-refractivity contribution in [2.24, 2.45) is 0 Å². The molecule has 0 aliphatic carbocycles. The molecule has 3 rings (SSSR count). The van der Waals surface area contributed by atoms with Gasteiger partial charge in [0.1, 0.15) is 0 Å². The van der Waals surface area contributed by atoms with Crippen LogP contribution < -0.4 is 5.32 Å². The number of nitrogens with one attached hydrogen (secondary N) is 1. The SMILES string of the molecule is CCc1cccc(CC)c1NC(=O)c1ccc(S(=O)(=O)N2CCCCC2)cc1. The number of benzene rings is 2. The maximum Gasteiger partial charge on any atom is 0.255 e. The number of nitrogens with zero attached hydrogens (tertiary/aromatic N) is 1. The highest BCUT2D eigenvalue weighted by Crippen LogP contribution is 2.24. The summed E-state index contributed by atoms with van der Waals surface area (Å²) in [6.45, 7) is 5.26. The predicted octanol–water partition coefficient (Wildman–Crippen LogP) is 4.24. The van der Waals surface area contributed by atoms with Crippen molar-refractivity contribution in [3.63, 3.8) is 0 Å². The van der Waals surface area contributed by atoms with Crippen molar-refractivity contribution < 1.29 is 13.2 Å². The average Bonchev–Trinajstić information content (AvgIpc) is 2.74. The van der Waals surface area contributed by atoms with Crippen molar-refractivity contribution in [3.05, 3.63) is 59.2 Å². The zero-order chi connectivity index (χ0) is 20.1. The molecule has 5 nitrogen and oxygen atoms in total. The van der Waals surface area contributed by atoms with Gasteiger partial charge in [-0.1, -0.05) is 38.5 Å². The van der Waals surface area contributed by atoms with Crippen LogP contribution in [0.5, 0.6) is 0 Å². The summed E-state index contributed by atoms with van der Waals surface area (Å²) in [4.78, 5) is 13.0. The van der Waals surface area contributed by atoms with Crippen LogP contribution in [-0.4, -0.2) is 31.7 Å². The lowest BCUT2D eigenvalue weighted by Crippen LogP contribution is -2.35. The molecule has 1 aliphatic rings. The summed E-state index contributed by atoms with van der Waals surface area (Å²) in [5, 5.41) is 3.02. The normalized spacial score (nSPS) is 15.4. The highest BCUT2D eigenvalue weighted by molar-refractivity contribution is 7.89. The van der Waals surface area contributed by atoms with Crippen LogP contribution in [0.4, 0.5) is 5.69 Å². The topological polar surface area (TPSA) is 66.5 Å². The zero-order valence-corrected chi connectivity index (χ0v) is 17.4. The number of carbonyl (C=O) groups is 1. The number of hydrogen-bond donors (Lipinski definition) is 1. The van der Waals surface area contributed by atoms with Gasteiger partial charge in [0.05, 0.1) is 4.90 Å². The first-order valence-corrected chi connectivity index (χ1v) is 11.4. The Morgan fingerprint density at radius 2 is 1.50 bits per heavy atom. The minimum Gasteiger partial charge on any atom is -0.321 e. The van der Waals surface area contributed by atoms with Gasteiger partial charge in [-0.2, -0.15) is 4.31 Å². The molecule has 0 saturated carbocycles. The zero-order valence-electron chi connectivity index (χ0n) is 16.6. The summed E-state index contributed by atoms with van der Waals surface area (Å²) >= 11 is 0. The highest BCUT2D eigenvalue weighted by Gasteiger charge is 2.26. The Kier molecular flexibility index (Phi) is 6.52. The van der Waals surface area contributed by atoms with E-state index in [1.807, 2.05) is 18.2 Å². The molecular formula is C22H28N2O3S. The van der Waals surface area contributed by atoms with Crippen molar-refractivity contribution in [3.8, 4) is 0 Å². The Balaban J connectivity index is 1.80. The van der Waals surface area contributed by atoms with E-state index >= 15 is 0 Å². The molecule has 0 aromatic heterocycles. The lowest BCUT2D eigenvalue weighted by molar-refractivity contribution is 0.102. The molecule has 1 saturated heterocycles. The molecule has 150 valence electrons. The van der Waals surface area contributed by atoms with Gasteiger partial charge in [0.25, 0.3) is 5.91 Å². The number of amides is 1. The molecule has 0 bridgehead atoms. The molecule has 0 unspecified atom stereocenters. The van der Waals surface area contributed by atoms with Crippen LogP contribution in [0.2, 0.25) is 0 Å². The molecule has 1 heterocycles. The number of aryl methyl sites for hydroxylation is 2. The monoisotopic (exact) mass is 400 g/mol. The van der Waals surface area contributed by atoms with Crippen LogP contribution in [-0.2, 0) is 22.9 Å². The molecule has 0 atom stereocenters. The van der Waals surface area contributed by atoms with Gasteiger partial charge in [0.2, 0.25) is 10.0 Å². The predicted molar refractivity (Wildman–Crippen MR) is 112 cm³/mol. The second kappa shape index (κ2) is 8.88. The third-order valence-electron chi connectivity index (χ3n) is 5.31. The smallest absolute Gasteiger partial charge is 0.255 e. The third-order valence-corrected chi connectivity index (χ3v) is 7.22. The number of carbonyl (C=O) groups excluding carboxylic acids is 1. The maximum absolute atomic E-state index is 12.8. The summed E-state index contributed by atoms with van der Waals surface area (Å²) in [5.41, 5.74) is 3.50. The van der Waals surface area contributed by atoms with Gasteiger partial charge in [-0.3, -0.25) is 4.79 Å².